The number of piperidine rings is 1. The van der Waals surface area contributed by atoms with E-state index in [1.165, 1.54) is 49.3 Å². The highest BCUT2D eigenvalue weighted by Gasteiger charge is 2.34. The normalized spacial score (nSPS) is 31.1. The first-order valence-electron chi connectivity index (χ1n) is 5.95. The maximum atomic E-state index is 4.43. The van der Waals surface area contributed by atoms with Crippen molar-refractivity contribution in [2.75, 3.05) is 20.1 Å². The SMILES string of the molecule is Cc1[nH]nc2c1C[C@@H]1CN(C)CC[C@@H]1C2. The molecule has 3 rings (SSSR count). The molecule has 1 aromatic rings. The quantitative estimate of drug-likeness (QED) is 0.694. The van der Waals surface area contributed by atoms with Gasteiger partial charge in [0.2, 0.25) is 0 Å². The van der Waals surface area contributed by atoms with Crippen molar-refractivity contribution in [3.8, 4) is 0 Å². The van der Waals surface area contributed by atoms with E-state index in [-0.39, 0.29) is 0 Å². The molecule has 2 aliphatic rings. The van der Waals surface area contributed by atoms with Crippen molar-refractivity contribution < 1.29 is 0 Å². The number of nitrogens with one attached hydrogen (secondary N) is 1. The molecule has 1 saturated heterocycles. The van der Waals surface area contributed by atoms with E-state index in [1.54, 1.807) is 0 Å². The lowest BCUT2D eigenvalue weighted by atomic mass is 9.74. The summed E-state index contributed by atoms with van der Waals surface area (Å²) in [6, 6.07) is 0. The predicted molar refractivity (Wildman–Crippen MR) is 59.8 cm³/mol. The highest BCUT2D eigenvalue weighted by Crippen LogP contribution is 2.35. The molecule has 0 saturated carbocycles. The Bertz CT molecular complexity index is 369. The first-order valence-corrected chi connectivity index (χ1v) is 5.95. The molecule has 0 radical (unpaired) electrons. The van der Waals surface area contributed by atoms with Gasteiger partial charge in [-0.2, -0.15) is 5.10 Å². The molecule has 3 nitrogen and oxygen atoms in total. The summed E-state index contributed by atoms with van der Waals surface area (Å²) in [4.78, 5) is 2.47. The van der Waals surface area contributed by atoms with Gasteiger partial charge >= 0.3 is 0 Å². The Labute approximate surface area is 90.9 Å². The van der Waals surface area contributed by atoms with E-state index in [1.807, 2.05) is 0 Å². The lowest BCUT2D eigenvalue weighted by Crippen LogP contribution is -2.41. The number of fused-ring (bicyclic) bond motifs is 2. The summed E-state index contributed by atoms with van der Waals surface area (Å²) in [6.45, 7) is 4.69. The molecule has 15 heavy (non-hydrogen) atoms. The molecule has 1 aliphatic heterocycles. The summed E-state index contributed by atoms with van der Waals surface area (Å²) in [5.41, 5.74) is 4.14. The number of aromatic amines is 1. The van der Waals surface area contributed by atoms with Crippen LogP contribution in [0.1, 0.15) is 23.4 Å². The summed E-state index contributed by atoms with van der Waals surface area (Å²) in [7, 11) is 2.24. The number of likely N-dealkylation sites (tertiary alicyclic amines) is 1. The minimum Gasteiger partial charge on any atom is -0.306 e. The van der Waals surface area contributed by atoms with Gasteiger partial charge in [0.1, 0.15) is 0 Å². The Morgan fingerprint density at radius 3 is 3.07 bits per heavy atom. The molecule has 0 aromatic carbocycles. The number of aromatic nitrogens is 2. The third kappa shape index (κ3) is 1.49. The highest BCUT2D eigenvalue weighted by atomic mass is 15.1. The van der Waals surface area contributed by atoms with Crippen LogP contribution >= 0.6 is 0 Å². The van der Waals surface area contributed by atoms with E-state index < -0.39 is 0 Å². The van der Waals surface area contributed by atoms with Crippen LogP contribution in [0.25, 0.3) is 0 Å². The van der Waals surface area contributed by atoms with Crippen LogP contribution in [0.3, 0.4) is 0 Å². The van der Waals surface area contributed by atoms with Crippen LogP contribution in [0, 0.1) is 18.8 Å². The number of H-pyrrole nitrogens is 1. The zero-order chi connectivity index (χ0) is 10.4. The Kier molecular flexibility index (Phi) is 2.09. The second-order valence-corrected chi connectivity index (χ2v) is 5.25. The second-order valence-electron chi connectivity index (χ2n) is 5.25. The third-order valence-electron chi connectivity index (χ3n) is 4.18. The maximum Gasteiger partial charge on any atom is 0.0659 e. The number of rotatable bonds is 0. The van der Waals surface area contributed by atoms with Crippen LogP contribution in [0.5, 0.6) is 0 Å². The molecule has 1 fully saturated rings. The van der Waals surface area contributed by atoms with E-state index in [9.17, 15) is 0 Å². The largest absolute Gasteiger partial charge is 0.306 e. The molecule has 1 N–H and O–H groups in total. The fraction of sp³-hybridized carbons (Fsp3) is 0.750. The Hall–Kier alpha value is -0.830. The second kappa shape index (κ2) is 3.34. The number of hydrogen-bond donors (Lipinski definition) is 1. The molecular weight excluding hydrogens is 186 g/mol. The molecule has 2 heterocycles. The van der Waals surface area contributed by atoms with Gasteiger partial charge in [0.05, 0.1) is 5.69 Å². The van der Waals surface area contributed by atoms with Crippen molar-refractivity contribution in [2.45, 2.75) is 26.2 Å². The first-order chi connectivity index (χ1) is 7.24. The number of nitrogens with zero attached hydrogens (tertiary/aromatic N) is 2. The summed E-state index contributed by atoms with van der Waals surface area (Å²) >= 11 is 0. The van der Waals surface area contributed by atoms with Crippen LogP contribution < -0.4 is 0 Å². The van der Waals surface area contributed by atoms with Crippen LogP contribution in [0.4, 0.5) is 0 Å². The van der Waals surface area contributed by atoms with Crippen LogP contribution in [0.2, 0.25) is 0 Å². The molecule has 3 heteroatoms. The van der Waals surface area contributed by atoms with Gasteiger partial charge in [-0.25, -0.2) is 0 Å². The third-order valence-corrected chi connectivity index (χ3v) is 4.18. The molecule has 1 aromatic heterocycles. The zero-order valence-electron chi connectivity index (χ0n) is 9.58. The zero-order valence-corrected chi connectivity index (χ0v) is 9.58. The van der Waals surface area contributed by atoms with Gasteiger partial charge in [-0.15, -0.1) is 0 Å². The Balaban J connectivity index is 1.88. The van der Waals surface area contributed by atoms with Gasteiger partial charge in [-0.3, -0.25) is 5.10 Å². The summed E-state index contributed by atoms with van der Waals surface area (Å²) in [5, 5.41) is 7.56. The topological polar surface area (TPSA) is 31.9 Å². The fourth-order valence-corrected chi connectivity index (χ4v) is 3.22. The molecule has 2 atom stereocenters. The van der Waals surface area contributed by atoms with Gasteiger partial charge in [0, 0.05) is 12.2 Å². The van der Waals surface area contributed by atoms with Crippen molar-refractivity contribution in [3.63, 3.8) is 0 Å². The van der Waals surface area contributed by atoms with E-state index in [0.717, 1.165) is 11.8 Å². The predicted octanol–water partition coefficient (Wildman–Crippen LogP) is 1.38. The Morgan fingerprint density at radius 2 is 2.20 bits per heavy atom. The molecule has 0 amide bonds. The van der Waals surface area contributed by atoms with Gasteiger partial charge < -0.3 is 4.90 Å². The van der Waals surface area contributed by atoms with Gasteiger partial charge in [-0.1, -0.05) is 0 Å². The molecular formula is C12H19N3. The lowest BCUT2D eigenvalue weighted by Gasteiger charge is -2.39. The summed E-state index contributed by atoms with van der Waals surface area (Å²) in [5.74, 6) is 1.75. The van der Waals surface area contributed by atoms with Crippen LogP contribution in [-0.4, -0.2) is 35.2 Å². The van der Waals surface area contributed by atoms with Crippen molar-refractivity contribution >= 4 is 0 Å². The van der Waals surface area contributed by atoms with E-state index in [2.05, 4.69) is 29.1 Å². The molecule has 0 unspecified atom stereocenters. The molecule has 1 aliphatic carbocycles. The minimum atomic E-state index is 0.868. The molecule has 0 bridgehead atoms. The van der Waals surface area contributed by atoms with E-state index >= 15 is 0 Å². The first kappa shape index (κ1) is 9.40. The smallest absolute Gasteiger partial charge is 0.0659 e. The van der Waals surface area contributed by atoms with Gasteiger partial charge in [0.15, 0.2) is 0 Å². The Morgan fingerprint density at radius 1 is 1.33 bits per heavy atom. The van der Waals surface area contributed by atoms with Crippen molar-refractivity contribution in [1.82, 2.24) is 15.1 Å². The standard InChI is InChI=1S/C12H19N3/c1-8-11-5-10-7-15(2)4-3-9(10)6-12(11)14-13-8/h9-10H,3-7H2,1-2H3,(H,13,14)/t9-,10-/m1/s1. The fourth-order valence-electron chi connectivity index (χ4n) is 3.22. The highest BCUT2D eigenvalue weighted by molar-refractivity contribution is 5.28. The summed E-state index contributed by atoms with van der Waals surface area (Å²) < 4.78 is 0. The molecule has 0 spiro atoms. The average Bonchev–Trinajstić information content (AvgIpc) is 2.57. The van der Waals surface area contributed by atoms with Crippen LogP contribution in [-0.2, 0) is 12.8 Å². The van der Waals surface area contributed by atoms with Crippen LogP contribution in [0.15, 0.2) is 0 Å². The number of aryl methyl sites for hydroxylation is 1. The van der Waals surface area contributed by atoms with Gasteiger partial charge in [0.25, 0.3) is 0 Å². The van der Waals surface area contributed by atoms with Crippen molar-refractivity contribution in [2.24, 2.45) is 11.8 Å². The van der Waals surface area contributed by atoms with Crippen molar-refractivity contribution in [1.29, 1.82) is 0 Å². The number of hydrogen-bond acceptors (Lipinski definition) is 2. The minimum absolute atomic E-state index is 0.868. The molecule has 82 valence electrons. The van der Waals surface area contributed by atoms with Gasteiger partial charge in [-0.05, 0) is 57.2 Å². The summed E-state index contributed by atoms with van der Waals surface area (Å²) in [6.07, 6.45) is 3.80. The van der Waals surface area contributed by atoms with E-state index in [4.69, 9.17) is 0 Å². The maximum absolute atomic E-state index is 4.43. The van der Waals surface area contributed by atoms with E-state index in [0.29, 0.717) is 0 Å². The van der Waals surface area contributed by atoms with Crippen molar-refractivity contribution in [3.05, 3.63) is 17.0 Å². The average molecular weight is 205 g/mol. The monoisotopic (exact) mass is 205 g/mol. The lowest BCUT2D eigenvalue weighted by molar-refractivity contribution is 0.133.